The van der Waals surface area contributed by atoms with Crippen LogP contribution in [0, 0.1) is 6.92 Å². The molecule has 3 aromatic rings. The monoisotopic (exact) mass is 322 g/mol. The van der Waals surface area contributed by atoms with Crippen molar-refractivity contribution in [1.29, 1.82) is 0 Å². The second kappa shape index (κ2) is 11.4. The van der Waals surface area contributed by atoms with E-state index in [0.717, 1.165) is 12.8 Å². The summed E-state index contributed by atoms with van der Waals surface area (Å²) >= 11 is 0. The van der Waals surface area contributed by atoms with Crippen LogP contribution in [-0.4, -0.2) is 11.2 Å². The van der Waals surface area contributed by atoms with E-state index in [1.807, 2.05) is 13.0 Å². The fourth-order valence-corrected chi connectivity index (χ4v) is 2.10. The average Bonchev–Trinajstić information content (AvgIpc) is 2.64. The molecule has 0 bridgehead atoms. The Morgan fingerprint density at radius 3 is 1.83 bits per heavy atom. The Kier molecular flexibility index (Phi) is 9.48. The quantitative estimate of drug-likeness (QED) is 0.598. The minimum absolute atomic E-state index is 0.116. The molecule has 1 unspecified atom stereocenters. The first kappa shape index (κ1) is 19.9. The predicted octanol–water partition coefficient (Wildman–Crippen LogP) is 6.17. The highest BCUT2D eigenvalue weighted by Gasteiger charge is 1.92. The van der Waals surface area contributed by atoms with Crippen LogP contribution in [0.3, 0.4) is 0 Å². The fourth-order valence-electron chi connectivity index (χ4n) is 2.10. The third-order valence-electron chi connectivity index (χ3n) is 3.85. The summed E-state index contributed by atoms with van der Waals surface area (Å²) < 4.78 is 0. The molecule has 3 rings (SSSR count). The zero-order valence-electron chi connectivity index (χ0n) is 15.4. The van der Waals surface area contributed by atoms with Crippen molar-refractivity contribution in [3.63, 3.8) is 0 Å². The molecule has 1 N–H and O–H groups in total. The molecule has 1 nitrogen and oxygen atoms in total. The highest BCUT2D eigenvalue weighted by Crippen LogP contribution is 2.16. The van der Waals surface area contributed by atoms with Crippen LogP contribution in [-0.2, 0) is 6.42 Å². The molecule has 0 saturated carbocycles. The number of hydrogen-bond acceptors (Lipinski definition) is 1. The van der Waals surface area contributed by atoms with Crippen LogP contribution in [0.2, 0.25) is 0 Å². The Hall–Kier alpha value is -2.12. The summed E-state index contributed by atoms with van der Waals surface area (Å²) in [4.78, 5) is 0. The Labute approximate surface area is 147 Å². The third kappa shape index (κ3) is 7.43. The minimum Gasteiger partial charge on any atom is -0.393 e. The first-order chi connectivity index (χ1) is 11.6. The van der Waals surface area contributed by atoms with Gasteiger partial charge in [-0.3, -0.25) is 0 Å². The van der Waals surface area contributed by atoms with Crippen molar-refractivity contribution < 1.29 is 5.11 Å². The highest BCUT2D eigenvalue weighted by atomic mass is 16.3. The van der Waals surface area contributed by atoms with E-state index in [4.69, 9.17) is 5.11 Å². The van der Waals surface area contributed by atoms with Crippen molar-refractivity contribution in [2.45, 2.75) is 46.6 Å². The Bertz CT molecular complexity index is 681. The van der Waals surface area contributed by atoms with Crippen molar-refractivity contribution in [3.05, 3.63) is 83.9 Å². The molecule has 0 amide bonds. The molecule has 0 spiro atoms. The number of fused-ring (bicyclic) bond motifs is 1. The maximum absolute atomic E-state index is 8.36. The molecule has 1 atom stereocenters. The molecule has 0 fully saturated rings. The lowest BCUT2D eigenvalue weighted by Gasteiger charge is -1.98. The van der Waals surface area contributed by atoms with Crippen LogP contribution >= 0.6 is 0 Å². The van der Waals surface area contributed by atoms with E-state index in [-0.39, 0.29) is 6.10 Å². The summed E-state index contributed by atoms with van der Waals surface area (Å²) in [6.45, 7) is 8.03. The van der Waals surface area contributed by atoms with Crippen LogP contribution < -0.4 is 0 Å². The molecule has 128 valence electrons. The lowest BCUT2D eigenvalue weighted by molar-refractivity contribution is 0.191. The first-order valence-electron chi connectivity index (χ1n) is 8.74. The Morgan fingerprint density at radius 1 is 0.792 bits per heavy atom. The number of benzene rings is 3. The minimum atomic E-state index is -0.116. The van der Waals surface area contributed by atoms with Gasteiger partial charge in [-0.2, -0.15) is 0 Å². The molecule has 24 heavy (non-hydrogen) atoms. The van der Waals surface area contributed by atoms with Gasteiger partial charge in [0.05, 0.1) is 6.10 Å². The molecular weight excluding hydrogens is 292 g/mol. The largest absolute Gasteiger partial charge is 0.393 e. The van der Waals surface area contributed by atoms with Gasteiger partial charge in [0.15, 0.2) is 0 Å². The summed E-state index contributed by atoms with van der Waals surface area (Å²) in [6, 6.07) is 25.3. The molecule has 0 aliphatic carbocycles. The summed E-state index contributed by atoms with van der Waals surface area (Å²) in [5.74, 6) is 0. The molecule has 3 aromatic carbocycles. The van der Waals surface area contributed by atoms with Gasteiger partial charge in [-0.1, -0.05) is 86.6 Å². The van der Waals surface area contributed by atoms with Gasteiger partial charge in [0.2, 0.25) is 0 Å². The van der Waals surface area contributed by atoms with E-state index in [2.05, 4.69) is 80.6 Å². The van der Waals surface area contributed by atoms with Gasteiger partial charge in [0.1, 0.15) is 0 Å². The van der Waals surface area contributed by atoms with Crippen LogP contribution in [0.4, 0.5) is 0 Å². The SMILES string of the molecule is CCC(C)O.CCc1ccccc1.Cc1cccc2ccccc12. The van der Waals surface area contributed by atoms with E-state index >= 15 is 0 Å². The van der Waals surface area contributed by atoms with Crippen molar-refractivity contribution in [1.82, 2.24) is 0 Å². The fraction of sp³-hybridized carbons (Fsp3) is 0.304. The van der Waals surface area contributed by atoms with Gasteiger partial charge in [-0.25, -0.2) is 0 Å². The van der Waals surface area contributed by atoms with Crippen molar-refractivity contribution in [3.8, 4) is 0 Å². The number of aryl methyl sites for hydroxylation is 2. The van der Waals surface area contributed by atoms with Crippen molar-refractivity contribution in [2.75, 3.05) is 0 Å². The average molecular weight is 322 g/mol. The lowest BCUT2D eigenvalue weighted by Crippen LogP contribution is -1.93. The van der Waals surface area contributed by atoms with Gasteiger partial charge in [0, 0.05) is 0 Å². The van der Waals surface area contributed by atoms with Crippen LogP contribution in [0.25, 0.3) is 10.8 Å². The third-order valence-corrected chi connectivity index (χ3v) is 3.85. The first-order valence-corrected chi connectivity index (χ1v) is 8.74. The van der Waals surface area contributed by atoms with E-state index in [9.17, 15) is 0 Å². The van der Waals surface area contributed by atoms with Gasteiger partial charge < -0.3 is 5.11 Å². The second-order valence-electron chi connectivity index (χ2n) is 5.89. The zero-order valence-corrected chi connectivity index (χ0v) is 15.4. The highest BCUT2D eigenvalue weighted by molar-refractivity contribution is 5.85. The summed E-state index contributed by atoms with van der Waals surface area (Å²) in [5, 5.41) is 11.0. The molecule has 0 saturated heterocycles. The van der Waals surface area contributed by atoms with Gasteiger partial charge in [-0.05, 0) is 48.6 Å². The van der Waals surface area contributed by atoms with Crippen LogP contribution in [0.5, 0.6) is 0 Å². The molecule has 0 radical (unpaired) electrons. The number of rotatable bonds is 2. The van der Waals surface area contributed by atoms with E-state index < -0.39 is 0 Å². The standard InChI is InChI=1S/C11H10.C8H10.C4H10O/c1-9-5-4-7-10-6-2-3-8-11(9)10;1-2-8-6-4-3-5-7-8;1-3-4(2)5/h2-8H,1H3;3-7H,2H2,1H3;4-5H,3H2,1-2H3. The van der Waals surface area contributed by atoms with Crippen LogP contribution in [0.1, 0.15) is 38.3 Å². The van der Waals surface area contributed by atoms with Gasteiger partial charge >= 0.3 is 0 Å². The topological polar surface area (TPSA) is 20.2 Å². The van der Waals surface area contributed by atoms with Crippen molar-refractivity contribution in [2.24, 2.45) is 0 Å². The molecule has 1 heteroatoms. The number of hydrogen-bond donors (Lipinski definition) is 1. The molecule has 0 aromatic heterocycles. The molecular formula is C23H30O. The smallest absolute Gasteiger partial charge is 0.0509 e. The summed E-state index contributed by atoms with van der Waals surface area (Å²) in [6.07, 6.45) is 1.89. The molecule has 0 aliphatic rings. The maximum atomic E-state index is 8.36. The lowest BCUT2D eigenvalue weighted by atomic mass is 10.1. The van der Waals surface area contributed by atoms with Crippen LogP contribution in [0.15, 0.2) is 72.8 Å². The van der Waals surface area contributed by atoms with Gasteiger partial charge in [-0.15, -0.1) is 0 Å². The van der Waals surface area contributed by atoms with E-state index in [0.29, 0.717) is 0 Å². The zero-order chi connectivity index (χ0) is 17.8. The summed E-state index contributed by atoms with van der Waals surface area (Å²) in [7, 11) is 0. The van der Waals surface area contributed by atoms with E-state index in [1.165, 1.54) is 21.9 Å². The number of aliphatic hydroxyl groups is 1. The van der Waals surface area contributed by atoms with E-state index in [1.54, 1.807) is 6.92 Å². The summed E-state index contributed by atoms with van der Waals surface area (Å²) in [5.41, 5.74) is 2.76. The number of aliphatic hydroxyl groups excluding tert-OH is 1. The maximum Gasteiger partial charge on any atom is 0.0509 e. The predicted molar refractivity (Wildman–Crippen MR) is 106 cm³/mol. The Morgan fingerprint density at radius 2 is 1.33 bits per heavy atom. The Balaban J connectivity index is 0.000000196. The molecule has 0 aliphatic heterocycles. The van der Waals surface area contributed by atoms with Crippen molar-refractivity contribution >= 4 is 10.8 Å². The van der Waals surface area contributed by atoms with Gasteiger partial charge in [0.25, 0.3) is 0 Å². The normalized spacial score (nSPS) is 10.9. The second-order valence-corrected chi connectivity index (χ2v) is 5.89. The molecule has 0 heterocycles.